The molecule has 10 heteroatoms. The molecule has 0 aromatic carbocycles. The van der Waals surface area contributed by atoms with Crippen molar-refractivity contribution in [3.05, 3.63) is 60.8 Å². The maximum absolute atomic E-state index is 13.6. The lowest BCUT2D eigenvalue weighted by atomic mass is 10.0. The van der Waals surface area contributed by atoms with E-state index >= 15 is 0 Å². The van der Waals surface area contributed by atoms with E-state index in [-0.39, 0.29) is 24.9 Å². The van der Waals surface area contributed by atoms with Gasteiger partial charge in [0, 0.05) is 12.8 Å². The third-order valence-electron chi connectivity index (χ3n) is 14.7. The molecule has 0 aliphatic carbocycles. The van der Waals surface area contributed by atoms with Crippen LogP contribution in [0.1, 0.15) is 310 Å². The number of likely N-dealkylation sites (N-methyl/N-ethyl adjacent to an activating group) is 1. The molecule has 0 saturated carbocycles. The Balaban J connectivity index is 5.21. The fourth-order valence-corrected chi connectivity index (χ4v) is 10.3. The van der Waals surface area contributed by atoms with Crippen LogP contribution < -0.4 is 10.2 Å². The van der Waals surface area contributed by atoms with Crippen molar-refractivity contribution >= 4 is 19.7 Å². The van der Waals surface area contributed by atoms with Gasteiger partial charge in [-0.2, -0.15) is 0 Å². The van der Waals surface area contributed by atoms with Gasteiger partial charge >= 0.3 is 5.97 Å². The minimum absolute atomic E-state index is 0.0263. The van der Waals surface area contributed by atoms with Crippen LogP contribution in [0, 0.1) is 0 Å². The minimum Gasteiger partial charge on any atom is -0.756 e. The number of phosphoric acid groups is 1. The Morgan fingerprint density at radius 1 is 0.449 bits per heavy atom. The predicted octanol–water partition coefficient (Wildman–Crippen LogP) is 20.0. The molecule has 3 atom stereocenters. The number of hydrogen-bond acceptors (Lipinski definition) is 7. The molecule has 0 aromatic rings. The van der Waals surface area contributed by atoms with Gasteiger partial charge in [-0.15, -0.1) is 0 Å². The molecule has 0 aliphatic heterocycles. The molecule has 0 radical (unpaired) electrons. The fraction of sp³-hybridized carbons (Fsp3) is 0.824. The van der Waals surface area contributed by atoms with Gasteiger partial charge < -0.3 is 28.5 Å². The third kappa shape index (κ3) is 58.4. The molecule has 0 heterocycles. The molecule has 3 unspecified atom stereocenters. The molecule has 0 bridgehead atoms. The Hall–Kier alpha value is -2.29. The molecular weight excluding hydrogens is 988 g/mol. The summed E-state index contributed by atoms with van der Waals surface area (Å²) in [5.41, 5.74) is 0. The van der Waals surface area contributed by atoms with Crippen molar-refractivity contribution in [2.24, 2.45) is 0 Å². The first kappa shape index (κ1) is 75.7. The number of quaternary nitrogens is 1. The predicted molar refractivity (Wildman–Crippen MR) is 335 cm³/mol. The first-order valence-corrected chi connectivity index (χ1v) is 34.6. The number of rotatable bonds is 60. The van der Waals surface area contributed by atoms with Crippen LogP contribution in [-0.4, -0.2) is 69.4 Å². The van der Waals surface area contributed by atoms with Crippen molar-refractivity contribution in [2.45, 2.75) is 322 Å². The molecule has 0 saturated heterocycles. The van der Waals surface area contributed by atoms with Crippen molar-refractivity contribution < 1.29 is 37.3 Å². The van der Waals surface area contributed by atoms with Crippen LogP contribution in [0.5, 0.6) is 0 Å². The van der Waals surface area contributed by atoms with E-state index in [0.717, 1.165) is 96.3 Å². The van der Waals surface area contributed by atoms with Crippen molar-refractivity contribution in [2.75, 3.05) is 40.9 Å². The molecule has 1 N–H and O–H groups in total. The number of nitrogens with zero attached hydrogens (tertiary/aromatic N) is 1. The highest BCUT2D eigenvalue weighted by atomic mass is 31.2. The molecule has 0 aliphatic rings. The fourth-order valence-electron chi connectivity index (χ4n) is 9.57. The third-order valence-corrected chi connectivity index (χ3v) is 15.7. The van der Waals surface area contributed by atoms with Gasteiger partial charge in [0.15, 0.2) is 0 Å². The molecular formula is C68H127N2O7P. The SMILES string of the molecule is CCCCC/C=C\C/C=C\C/C=C\C/C=C\CCCCCCCC(=O)NC(COP(=O)([O-])OCC[N+](C)(C)C)C(/C=C/CCCCCCCCCCCC)OC(=O)CCCCCCCCCCCCCCCCCCCCC. The Bertz CT molecular complexity index is 1520. The van der Waals surface area contributed by atoms with Gasteiger partial charge in [0.2, 0.25) is 5.91 Å². The zero-order chi connectivity index (χ0) is 57.2. The number of hydrogen-bond donors (Lipinski definition) is 1. The summed E-state index contributed by atoms with van der Waals surface area (Å²) in [6.07, 6.45) is 73.3. The van der Waals surface area contributed by atoms with E-state index < -0.39 is 26.6 Å². The highest BCUT2D eigenvalue weighted by Crippen LogP contribution is 2.38. The molecule has 456 valence electrons. The van der Waals surface area contributed by atoms with Gasteiger partial charge in [0.05, 0.1) is 33.8 Å². The van der Waals surface area contributed by atoms with Crippen LogP contribution in [0.15, 0.2) is 60.8 Å². The Kier molecular flexibility index (Phi) is 56.2. The van der Waals surface area contributed by atoms with Crippen molar-refractivity contribution in [1.82, 2.24) is 5.32 Å². The summed E-state index contributed by atoms with van der Waals surface area (Å²) < 4.78 is 30.4. The highest BCUT2D eigenvalue weighted by Gasteiger charge is 2.27. The van der Waals surface area contributed by atoms with E-state index in [1.54, 1.807) is 0 Å². The van der Waals surface area contributed by atoms with Gasteiger partial charge in [-0.05, 0) is 76.7 Å². The number of phosphoric ester groups is 1. The van der Waals surface area contributed by atoms with Crippen LogP contribution >= 0.6 is 7.82 Å². The second-order valence-electron chi connectivity index (χ2n) is 23.6. The van der Waals surface area contributed by atoms with E-state index in [9.17, 15) is 19.0 Å². The molecule has 0 spiro atoms. The van der Waals surface area contributed by atoms with Crippen molar-refractivity contribution in [3.8, 4) is 0 Å². The number of allylic oxidation sites excluding steroid dienone is 9. The minimum atomic E-state index is -4.71. The summed E-state index contributed by atoms with van der Waals surface area (Å²) in [5.74, 6) is -0.551. The average Bonchev–Trinajstić information content (AvgIpc) is 3.40. The van der Waals surface area contributed by atoms with Crippen molar-refractivity contribution in [3.63, 3.8) is 0 Å². The number of amides is 1. The second kappa shape index (κ2) is 57.9. The number of ether oxygens (including phenoxy) is 1. The Labute approximate surface area is 483 Å². The molecule has 1 amide bonds. The lowest BCUT2D eigenvalue weighted by Crippen LogP contribution is -2.47. The summed E-state index contributed by atoms with van der Waals surface area (Å²) in [5, 5.41) is 3.03. The number of nitrogens with one attached hydrogen (secondary N) is 1. The summed E-state index contributed by atoms with van der Waals surface area (Å²) in [6, 6.07) is -0.898. The Morgan fingerprint density at radius 3 is 1.19 bits per heavy atom. The quantitative estimate of drug-likeness (QED) is 0.0212. The van der Waals surface area contributed by atoms with Crippen LogP contribution in [-0.2, 0) is 27.9 Å². The van der Waals surface area contributed by atoms with Crippen molar-refractivity contribution in [1.29, 1.82) is 0 Å². The topological polar surface area (TPSA) is 114 Å². The van der Waals surface area contributed by atoms with E-state index in [1.807, 2.05) is 33.3 Å². The highest BCUT2D eigenvalue weighted by molar-refractivity contribution is 7.45. The van der Waals surface area contributed by atoms with E-state index in [4.69, 9.17) is 13.8 Å². The zero-order valence-corrected chi connectivity index (χ0v) is 53.0. The first-order chi connectivity index (χ1) is 37.9. The smallest absolute Gasteiger partial charge is 0.306 e. The van der Waals surface area contributed by atoms with Gasteiger partial charge in [-0.3, -0.25) is 14.2 Å². The van der Waals surface area contributed by atoms with Gasteiger partial charge in [-0.1, -0.05) is 281 Å². The summed E-state index contributed by atoms with van der Waals surface area (Å²) in [7, 11) is 1.18. The number of carbonyl (C=O) groups excluding carboxylic acids is 2. The maximum atomic E-state index is 13.6. The molecule has 0 rings (SSSR count). The summed E-state index contributed by atoms with van der Waals surface area (Å²) in [4.78, 5) is 40.1. The van der Waals surface area contributed by atoms with Gasteiger partial charge in [-0.25, -0.2) is 0 Å². The normalized spacial score (nSPS) is 14.0. The first-order valence-electron chi connectivity index (χ1n) is 33.1. The van der Waals surface area contributed by atoms with E-state index in [0.29, 0.717) is 17.4 Å². The summed E-state index contributed by atoms with van der Waals surface area (Å²) in [6.45, 7) is 6.83. The van der Waals surface area contributed by atoms with Gasteiger partial charge in [0.25, 0.3) is 7.82 Å². The largest absolute Gasteiger partial charge is 0.756 e. The number of unbranched alkanes of at least 4 members (excludes halogenated alkanes) is 36. The van der Waals surface area contributed by atoms with E-state index in [2.05, 4.69) is 74.7 Å². The monoisotopic (exact) mass is 1110 g/mol. The lowest BCUT2D eigenvalue weighted by molar-refractivity contribution is -0.870. The number of carbonyl (C=O) groups is 2. The van der Waals surface area contributed by atoms with E-state index in [1.165, 1.54) is 180 Å². The molecule has 0 fully saturated rings. The van der Waals surface area contributed by atoms with Gasteiger partial charge in [0.1, 0.15) is 19.3 Å². The van der Waals surface area contributed by atoms with Crippen LogP contribution in [0.3, 0.4) is 0 Å². The average molecular weight is 1120 g/mol. The summed E-state index contributed by atoms with van der Waals surface area (Å²) >= 11 is 0. The number of esters is 1. The molecule has 0 aromatic heterocycles. The van der Waals surface area contributed by atoms with Crippen LogP contribution in [0.2, 0.25) is 0 Å². The maximum Gasteiger partial charge on any atom is 0.306 e. The second-order valence-corrected chi connectivity index (χ2v) is 25.0. The molecule has 9 nitrogen and oxygen atoms in total. The lowest BCUT2D eigenvalue weighted by Gasteiger charge is -2.30. The zero-order valence-electron chi connectivity index (χ0n) is 52.1. The standard InChI is InChI=1S/C68H127N2O7P/c1-7-10-13-16-19-22-25-28-30-32-34-35-37-38-40-42-45-48-51-54-57-60-67(71)69-65(64-76-78(73,74)75-63-62-70(4,5)6)66(59-56-53-50-47-44-27-24-21-18-15-12-9-3)77-68(72)61-58-55-52-49-46-43-41-39-36-33-31-29-26-23-20-17-14-11-8-2/h19,22,28,30,34-35,38,40,56,59,65-66H,7-18,20-21,23-27,29,31-33,36-37,39,41-55,57-58,60-64H2,1-6H3,(H-,69,71,73,74)/b22-19-,30-28-,35-34-,40-38-,59-56+. The Morgan fingerprint density at radius 2 is 0.782 bits per heavy atom. The van der Waals surface area contributed by atoms with Crippen LogP contribution in [0.4, 0.5) is 0 Å². The molecule has 78 heavy (non-hydrogen) atoms. The van der Waals surface area contributed by atoms with Crippen LogP contribution in [0.25, 0.3) is 0 Å².